The van der Waals surface area contributed by atoms with Gasteiger partial charge >= 0.3 is 0 Å². The average Bonchev–Trinajstić information content (AvgIpc) is 3.05. The largest absolute Gasteiger partial charge is 0.496 e. The molecule has 0 saturated carbocycles. The molecule has 2 aromatic carbocycles. The van der Waals surface area contributed by atoms with E-state index in [-0.39, 0.29) is 5.91 Å². The normalized spacial score (nSPS) is 10.8. The minimum absolute atomic E-state index is 0.202. The Morgan fingerprint density at radius 3 is 2.57 bits per heavy atom. The third-order valence-corrected chi connectivity index (χ3v) is 5.00. The highest BCUT2D eigenvalue weighted by Crippen LogP contribution is 2.35. The number of amides is 1. The van der Waals surface area contributed by atoms with Gasteiger partial charge in [-0.25, -0.2) is 4.98 Å². The second-order valence-corrected chi connectivity index (χ2v) is 7.32. The second-order valence-electron chi connectivity index (χ2n) is 6.40. The summed E-state index contributed by atoms with van der Waals surface area (Å²) in [5, 5.41) is 3.04. The van der Waals surface area contributed by atoms with Crippen LogP contribution in [0.1, 0.15) is 15.9 Å². The van der Waals surface area contributed by atoms with Crippen molar-refractivity contribution in [1.29, 1.82) is 0 Å². The van der Waals surface area contributed by atoms with E-state index in [0.29, 0.717) is 22.8 Å². The molecule has 0 spiro atoms. The number of hydrogen-bond donors (Lipinski definition) is 1. The molecule has 0 saturated heterocycles. The van der Waals surface area contributed by atoms with E-state index in [1.54, 1.807) is 19.2 Å². The summed E-state index contributed by atoms with van der Waals surface area (Å²) in [5.41, 5.74) is 3.86. The Bertz CT molecular complexity index is 1170. The van der Waals surface area contributed by atoms with Crippen molar-refractivity contribution >= 4 is 33.3 Å². The van der Waals surface area contributed by atoms with Gasteiger partial charge < -0.3 is 10.1 Å². The predicted molar refractivity (Wildman–Crippen MR) is 114 cm³/mol. The van der Waals surface area contributed by atoms with E-state index in [1.165, 1.54) is 0 Å². The lowest BCUT2D eigenvalue weighted by Gasteiger charge is -2.10. The summed E-state index contributed by atoms with van der Waals surface area (Å²) in [6.07, 6.45) is 1.96. The highest BCUT2D eigenvalue weighted by Gasteiger charge is 2.19. The SMILES string of the molecule is COc1ccccc1-c1nc2ccc(C)cn2c1NC(=O)c1ccc(Br)cc1. The first kappa shape index (κ1) is 18.3. The van der Waals surface area contributed by atoms with Crippen LogP contribution in [-0.2, 0) is 0 Å². The Morgan fingerprint density at radius 2 is 1.82 bits per heavy atom. The Morgan fingerprint density at radius 1 is 1.07 bits per heavy atom. The number of hydrogen-bond acceptors (Lipinski definition) is 3. The molecule has 1 amide bonds. The van der Waals surface area contributed by atoms with Crippen molar-refractivity contribution in [1.82, 2.24) is 9.38 Å². The zero-order valence-corrected chi connectivity index (χ0v) is 17.0. The molecule has 2 heterocycles. The molecule has 4 aromatic rings. The van der Waals surface area contributed by atoms with Crippen molar-refractivity contribution in [2.24, 2.45) is 0 Å². The van der Waals surface area contributed by atoms with Crippen LogP contribution in [0.5, 0.6) is 5.75 Å². The van der Waals surface area contributed by atoms with Gasteiger partial charge in [0, 0.05) is 21.8 Å². The molecule has 28 heavy (non-hydrogen) atoms. The predicted octanol–water partition coefficient (Wildman–Crippen LogP) is 5.33. The standard InChI is InChI=1S/C22H18BrN3O2/c1-14-7-12-19-24-20(17-5-3-4-6-18(17)28-2)21(26(19)13-14)25-22(27)15-8-10-16(23)11-9-15/h3-13H,1-2H3,(H,25,27). The zero-order chi connectivity index (χ0) is 19.7. The number of ether oxygens (including phenoxy) is 1. The fourth-order valence-corrected chi connectivity index (χ4v) is 3.34. The van der Waals surface area contributed by atoms with Gasteiger partial charge in [-0.15, -0.1) is 0 Å². The van der Waals surface area contributed by atoms with Gasteiger partial charge in [-0.1, -0.05) is 34.1 Å². The molecule has 5 nitrogen and oxygen atoms in total. The molecule has 1 N–H and O–H groups in total. The number of anilines is 1. The third kappa shape index (κ3) is 3.39. The maximum atomic E-state index is 12.9. The van der Waals surface area contributed by atoms with Crippen molar-refractivity contribution in [3.63, 3.8) is 0 Å². The molecule has 0 radical (unpaired) electrons. The minimum Gasteiger partial charge on any atom is -0.496 e. The molecule has 0 aliphatic rings. The maximum absolute atomic E-state index is 12.9. The molecular formula is C22H18BrN3O2. The van der Waals surface area contributed by atoms with Gasteiger partial charge in [-0.05, 0) is 55.0 Å². The number of carbonyl (C=O) groups excluding carboxylic acids is 1. The zero-order valence-electron chi connectivity index (χ0n) is 15.4. The van der Waals surface area contributed by atoms with E-state index in [0.717, 1.165) is 21.2 Å². The van der Waals surface area contributed by atoms with Crippen molar-refractivity contribution in [3.05, 3.63) is 82.5 Å². The van der Waals surface area contributed by atoms with Gasteiger partial charge in [0.15, 0.2) is 0 Å². The molecule has 0 bridgehead atoms. The first-order valence-electron chi connectivity index (χ1n) is 8.76. The molecule has 6 heteroatoms. The summed E-state index contributed by atoms with van der Waals surface area (Å²) < 4.78 is 8.33. The summed E-state index contributed by atoms with van der Waals surface area (Å²) in [6.45, 7) is 2.00. The number of nitrogens with zero attached hydrogens (tertiary/aromatic N) is 2. The summed E-state index contributed by atoms with van der Waals surface area (Å²) >= 11 is 3.39. The molecule has 0 aliphatic carbocycles. The summed E-state index contributed by atoms with van der Waals surface area (Å²) in [4.78, 5) is 17.6. The monoisotopic (exact) mass is 435 g/mol. The Kier molecular flexibility index (Phi) is 4.88. The van der Waals surface area contributed by atoms with Crippen LogP contribution in [-0.4, -0.2) is 22.4 Å². The van der Waals surface area contributed by atoms with Crippen molar-refractivity contribution in [2.45, 2.75) is 6.92 Å². The second kappa shape index (κ2) is 7.48. The number of pyridine rings is 1. The summed E-state index contributed by atoms with van der Waals surface area (Å²) in [5.74, 6) is 1.10. The smallest absolute Gasteiger partial charge is 0.256 e. The van der Waals surface area contributed by atoms with E-state index < -0.39 is 0 Å². The lowest BCUT2D eigenvalue weighted by molar-refractivity contribution is 0.102. The average molecular weight is 436 g/mol. The Hall–Kier alpha value is -3.12. The van der Waals surface area contributed by atoms with Crippen LogP contribution in [0.25, 0.3) is 16.9 Å². The lowest BCUT2D eigenvalue weighted by Crippen LogP contribution is -2.14. The van der Waals surface area contributed by atoms with Crippen LogP contribution >= 0.6 is 15.9 Å². The number of benzene rings is 2. The quantitative estimate of drug-likeness (QED) is 0.470. The number of fused-ring (bicyclic) bond motifs is 1. The number of para-hydroxylation sites is 1. The lowest BCUT2D eigenvalue weighted by atomic mass is 10.1. The van der Waals surface area contributed by atoms with Gasteiger partial charge in [-0.3, -0.25) is 9.20 Å². The summed E-state index contributed by atoms with van der Waals surface area (Å²) in [6, 6.07) is 18.8. The molecule has 2 aromatic heterocycles. The van der Waals surface area contributed by atoms with Gasteiger partial charge in [0.05, 0.1) is 7.11 Å². The fraction of sp³-hybridized carbons (Fsp3) is 0.0909. The van der Waals surface area contributed by atoms with Crippen LogP contribution in [0.3, 0.4) is 0 Å². The van der Waals surface area contributed by atoms with E-state index in [2.05, 4.69) is 21.2 Å². The molecule has 0 fully saturated rings. The highest BCUT2D eigenvalue weighted by atomic mass is 79.9. The Balaban J connectivity index is 1.86. The summed E-state index contributed by atoms with van der Waals surface area (Å²) in [7, 11) is 1.62. The van der Waals surface area contributed by atoms with Gasteiger partial charge in [0.25, 0.3) is 5.91 Å². The molecular weight excluding hydrogens is 418 g/mol. The van der Waals surface area contributed by atoms with E-state index in [9.17, 15) is 4.79 Å². The topological polar surface area (TPSA) is 55.6 Å². The first-order chi connectivity index (χ1) is 13.6. The van der Waals surface area contributed by atoms with Crippen LogP contribution in [0.15, 0.2) is 71.3 Å². The number of halogens is 1. The molecule has 0 unspecified atom stereocenters. The van der Waals surface area contributed by atoms with Gasteiger partial charge in [-0.2, -0.15) is 0 Å². The number of nitrogens with one attached hydrogen (secondary N) is 1. The number of aryl methyl sites for hydroxylation is 1. The van der Waals surface area contributed by atoms with Crippen molar-refractivity contribution in [3.8, 4) is 17.0 Å². The number of rotatable bonds is 4. The maximum Gasteiger partial charge on any atom is 0.256 e. The van der Waals surface area contributed by atoms with Crippen LogP contribution in [0, 0.1) is 6.92 Å². The van der Waals surface area contributed by atoms with Gasteiger partial charge in [0.2, 0.25) is 0 Å². The number of aromatic nitrogens is 2. The molecule has 0 aliphatic heterocycles. The van der Waals surface area contributed by atoms with Gasteiger partial charge in [0.1, 0.15) is 22.9 Å². The number of carbonyl (C=O) groups is 1. The molecule has 140 valence electrons. The van der Waals surface area contributed by atoms with E-state index in [1.807, 2.05) is 66.1 Å². The van der Waals surface area contributed by atoms with Crippen LogP contribution in [0.2, 0.25) is 0 Å². The minimum atomic E-state index is -0.202. The van der Waals surface area contributed by atoms with Crippen LogP contribution < -0.4 is 10.1 Å². The highest BCUT2D eigenvalue weighted by molar-refractivity contribution is 9.10. The van der Waals surface area contributed by atoms with Crippen molar-refractivity contribution < 1.29 is 9.53 Å². The number of methoxy groups -OCH3 is 1. The Labute approximate surface area is 171 Å². The van der Waals surface area contributed by atoms with Crippen molar-refractivity contribution in [2.75, 3.05) is 12.4 Å². The molecule has 4 rings (SSSR count). The van der Waals surface area contributed by atoms with E-state index >= 15 is 0 Å². The molecule has 0 atom stereocenters. The van der Waals surface area contributed by atoms with E-state index in [4.69, 9.17) is 9.72 Å². The first-order valence-corrected chi connectivity index (χ1v) is 9.55. The van der Waals surface area contributed by atoms with Crippen LogP contribution in [0.4, 0.5) is 5.82 Å². The number of imidazole rings is 1. The fourth-order valence-electron chi connectivity index (χ4n) is 3.08. The third-order valence-electron chi connectivity index (χ3n) is 4.47.